The second kappa shape index (κ2) is 5.59. The minimum atomic E-state index is -0.866. The van der Waals surface area contributed by atoms with Gasteiger partial charge in [0.25, 0.3) is 0 Å². The molecule has 2 amide bonds. The van der Waals surface area contributed by atoms with Crippen LogP contribution in [0.1, 0.15) is 40.5 Å². The molecular weight excluding hydrogens is 232 g/mol. The van der Waals surface area contributed by atoms with E-state index in [9.17, 15) is 9.59 Å². The van der Waals surface area contributed by atoms with Crippen LogP contribution in [-0.4, -0.2) is 52.6 Å². The van der Waals surface area contributed by atoms with Crippen LogP contribution in [0.15, 0.2) is 0 Å². The highest BCUT2D eigenvalue weighted by Gasteiger charge is 2.34. The van der Waals surface area contributed by atoms with Crippen molar-refractivity contribution in [1.82, 2.24) is 9.80 Å². The fourth-order valence-electron chi connectivity index (χ4n) is 2.25. The average molecular weight is 256 g/mol. The Bertz CT molecular complexity index is 326. The van der Waals surface area contributed by atoms with Gasteiger partial charge in [0.1, 0.15) is 0 Å². The first-order chi connectivity index (χ1) is 8.23. The summed E-state index contributed by atoms with van der Waals surface area (Å²) in [5.74, 6) is -0.866. The van der Waals surface area contributed by atoms with Gasteiger partial charge in [0.15, 0.2) is 0 Å². The summed E-state index contributed by atoms with van der Waals surface area (Å²) in [5.41, 5.74) is 0.172. The molecule has 0 atom stereocenters. The zero-order valence-corrected chi connectivity index (χ0v) is 11.8. The third-order valence-corrected chi connectivity index (χ3v) is 3.38. The van der Waals surface area contributed by atoms with E-state index in [1.807, 2.05) is 18.7 Å². The predicted molar refractivity (Wildman–Crippen MR) is 69.5 cm³/mol. The van der Waals surface area contributed by atoms with Gasteiger partial charge in [-0.05, 0) is 25.7 Å². The van der Waals surface area contributed by atoms with Gasteiger partial charge in [-0.3, -0.25) is 4.79 Å². The maximum atomic E-state index is 12.3. The number of amides is 2. The molecule has 0 radical (unpaired) electrons. The third kappa shape index (κ3) is 3.89. The number of nitrogens with zero attached hydrogens (tertiary/aromatic N) is 2. The number of aliphatic carboxylic acids is 1. The quantitative estimate of drug-likeness (QED) is 0.837. The molecule has 1 heterocycles. The van der Waals surface area contributed by atoms with Crippen molar-refractivity contribution >= 4 is 12.0 Å². The molecule has 0 aromatic carbocycles. The minimum Gasteiger partial charge on any atom is -0.481 e. The second-order valence-corrected chi connectivity index (χ2v) is 6.05. The van der Waals surface area contributed by atoms with Gasteiger partial charge < -0.3 is 14.9 Å². The second-order valence-electron chi connectivity index (χ2n) is 6.05. The molecule has 1 saturated heterocycles. The summed E-state index contributed by atoms with van der Waals surface area (Å²) in [6.45, 7) is 9.93. The van der Waals surface area contributed by atoms with Crippen LogP contribution in [0, 0.1) is 5.41 Å². The van der Waals surface area contributed by atoms with Crippen molar-refractivity contribution in [2.75, 3.05) is 19.6 Å². The highest BCUT2D eigenvalue weighted by molar-refractivity contribution is 5.76. The van der Waals surface area contributed by atoms with E-state index in [0.717, 1.165) is 19.5 Å². The average Bonchev–Trinajstić information content (AvgIpc) is 2.57. The van der Waals surface area contributed by atoms with Crippen LogP contribution in [0.5, 0.6) is 0 Å². The predicted octanol–water partition coefficient (Wildman–Crippen LogP) is 2.02. The Kier molecular flexibility index (Phi) is 4.59. The van der Waals surface area contributed by atoms with E-state index in [4.69, 9.17) is 5.11 Å². The molecular formula is C13H24N2O3. The highest BCUT2D eigenvalue weighted by Crippen LogP contribution is 2.29. The van der Waals surface area contributed by atoms with Gasteiger partial charge in [0, 0.05) is 25.7 Å². The number of rotatable bonds is 4. The molecule has 0 aromatic heterocycles. The summed E-state index contributed by atoms with van der Waals surface area (Å²) in [4.78, 5) is 26.5. The fraction of sp³-hybridized carbons (Fsp3) is 0.846. The largest absolute Gasteiger partial charge is 0.481 e. The Morgan fingerprint density at radius 1 is 1.39 bits per heavy atom. The summed E-state index contributed by atoms with van der Waals surface area (Å²) >= 11 is 0. The number of carbonyl (C=O) groups is 2. The molecule has 0 aromatic rings. The molecule has 1 fully saturated rings. The monoisotopic (exact) mass is 256 g/mol. The molecule has 1 aliphatic rings. The number of carboxylic acid groups (broad SMARTS) is 1. The molecule has 0 saturated carbocycles. The van der Waals surface area contributed by atoms with Crippen molar-refractivity contribution in [1.29, 1.82) is 0 Å². The van der Waals surface area contributed by atoms with E-state index in [1.165, 1.54) is 0 Å². The van der Waals surface area contributed by atoms with E-state index in [-0.39, 0.29) is 30.5 Å². The molecule has 1 aliphatic heterocycles. The molecule has 5 nitrogen and oxygen atoms in total. The summed E-state index contributed by atoms with van der Waals surface area (Å²) < 4.78 is 0. The topological polar surface area (TPSA) is 60.9 Å². The summed E-state index contributed by atoms with van der Waals surface area (Å²) in [7, 11) is 0. The highest BCUT2D eigenvalue weighted by atomic mass is 16.4. The lowest BCUT2D eigenvalue weighted by Gasteiger charge is -2.31. The van der Waals surface area contributed by atoms with Crippen molar-refractivity contribution in [3.8, 4) is 0 Å². The molecule has 0 unspecified atom stereocenters. The molecule has 18 heavy (non-hydrogen) atoms. The summed E-state index contributed by atoms with van der Waals surface area (Å²) in [6.07, 6.45) is 1.00. The van der Waals surface area contributed by atoms with Gasteiger partial charge in [-0.2, -0.15) is 0 Å². The van der Waals surface area contributed by atoms with Crippen LogP contribution in [0.2, 0.25) is 0 Å². The van der Waals surface area contributed by atoms with Crippen molar-refractivity contribution < 1.29 is 14.7 Å². The van der Waals surface area contributed by atoms with E-state index in [0.29, 0.717) is 0 Å². The zero-order chi connectivity index (χ0) is 13.9. The third-order valence-electron chi connectivity index (χ3n) is 3.38. The first-order valence-electron chi connectivity index (χ1n) is 6.50. The Labute approximate surface area is 109 Å². The van der Waals surface area contributed by atoms with Crippen LogP contribution < -0.4 is 0 Å². The maximum absolute atomic E-state index is 12.3. The smallest absolute Gasteiger partial charge is 0.320 e. The van der Waals surface area contributed by atoms with Gasteiger partial charge >= 0.3 is 12.0 Å². The van der Waals surface area contributed by atoms with Crippen molar-refractivity contribution in [3.05, 3.63) is 0 Å². The molecule has 1 N–H and O–H groups in total. The fourth-order valence-corrected chi connectivity index (χ4v) is 2.25. The zero-order valence-electron chi connectivity index (χ0n) is 11.8. The normalized spacial score (nSPS) is 18.2. The van der Waals surface area contributed by atoms with Gasteiger partial charge in [-0.15, -0.1) is 0 Å². The standard InChI is InChI=1S/C13H24N2O3/c1-10(2)15(7-5-11(16)17)12(18)14-8-6-13(3,4)9-14/h10H,5-9H2,1-4H3,(H,16,17). The Balaban J connectivity index is 2.63. The number of likely N-dealkylation sites (tertiary alicyclic amines) is 1. The molecule has 0 aliphatic carbocycles. The van der Waals surface area contributed by atoms with Crippen LogP contribution in [0.25, 0.3) is 0 Å². The van der Waals surface area contributed by atoms with E-state index < -0.39 is 5.97 Å². The van der Waals surface area contributed by atoms with Crippen LogP contribution in [-0.2, 0) is 4.79 Å². The number of hydrogen-bond donors (Lipinski definition) is 1. The van der Waals surface area contributed by atoms with E-state index in [2.05, 4.69) is 13.8 Å². The SMILES string of the molecule is CC(C)N(CCC(=O)O)C(=O)N1CCC(C)(C)C1. The molecule has 104 valence electrons. The van der Waals surface area contributed by atoms with Gasteiger partial charge in [0.05, 0.1) is 6.42 Å². The van der Waals surface area contributed by atoms with Crippen molar-refractivity contribution in [2.45, 2.75) is 46.6 Å². The molecule has 0 bridgehead atoms. The Morgan fingerprint density at radius 3 is 2.39 bits per heavy atom. The number of carbonyl (C=O) groups excluding carboxylic acids is 1. The van der Waals surface area contributed by atoms with Gasteiger partial charge in [0.2, 0.25) is 0 Å². The lowest BCUT2D eigenvalue weighted by atomic mass is 9.93. The summed E-state index contributed by atoms with van der Waals surface area (Å²) in [6, 6.07) is -0.00242. The van der Waals surface area contributed by atoms with Gasteiger partial charge in [-0.25, -0.2) is 4.79 Å². The lowest BCUT2D eigenvalue weighted by molar-refractivity contribution is -0.137. The van der Waals surface area contributed by atoms with Crippen molar-refractivity contribution in [2.24, 2.45) is 5.41 Å². The van der Waals surface area contributed by atoms with Crippen molar-refractivity contribution in [3.63, 3.8) is 0 Å². The Morgan fingerprint density at radius 2 is 2.00 bits per heavy atom. The molecule has 5 heteroatoms. The van der Waals surface area contributed by atoms with Gasteiger partial charge in [-0.1, -0.05) is 13.8 Å². The Hall–Kier alpha value is -1.26. The first kappa shape index (κ1) is 14.8. The maximum Gasteiger partial charge on any atom is 0.320 e. The first-order valence-corrected chi connectivity index (χ1v) is 6.50. The minimum absolute atomic E-state index is 0.00114. The molecule has 1 rings (SSSR count). The van der Waals surface area contributed by atoms with E-state index in [1.54, 1.807) is 4.90 Å². The van der Waals surface area contributed by atoms with Crippen LogP contribution >= 0.6 is 0 Å². The molecule has 0 spiro atoms. The van der Waals surface area contributed by atoms with Crippen LogP contribution in [0.3, 0.4) is 0 Å². The number of carboxylic acids is 1. The van der Waals surface area contributed by atoms with E-state index >= 15 is 0 Å². The number of hydrogen-bond acceptors (Lipinski definition) is 2. The summed E-state index contributed by atoms with van der Waals surface area (Å²) in [5, 5.41) is 8.72. The lowest BCUT2D eigenvalue weighted by Crippen LogP contribution is -2.46. The number of urea groups is 1. The van der Waals surface area contributed by atoms with Crippen LogP contribution in [0.4, 0.5) is 4.79 Å².